The van der Waals surface area contributed by atoms with Gasteiger partial charge in [0.05, 0.1) is 4.92 Å². The van der Waals surface area contributed by atoms with Crippen LogP contribution in [0.4, 0.5) is 5.69 Å². The van der Waals surface area contributed by atoms with Crippen LogP contribution in [0.25, 0.3) is 0 Å². The van der Waals surface area contributed by atoms with Crippen LogP contribution >= 0.6 is 23.2 Å². The van der Waals surface area contributed by atoms with Crippen molar-refractivity contribution >= 4 is 34.8 Å². The van der Waals surface area contributed by atoms with Crippen molar-refractivity contribution in [2.24, 2.45) is 5.92 Å². The Kier molecular flexibility index (Phi) is 5.42. The van der Waals surface area contributed by atoms with Crippen molar-refractivity contribution in [3.05, 3.63) is 38.9 Å². The summed E-state index contributed by atoms with van der Waals surface area (Å²) in [5.41, 5.74) is -0.236. The van der Waals surface area contributed by atoms with Gasteiger partial charge in [0.2, 0.25) is 0 Å². The molecule has 5 nitrogen and oxygen atoms in total. The lowest BCUT2D eigenvalue weighted by molar-refractivity contribution is -0.385. The molecule has 2 rings (SSSR count). The van der Waals surface area contributed by atoms with Crippen molar-refractivity contribution < 1.29 is 9.72 Å². The third-order valence-corrected chi connectivity index (χ3v) is 4.40. The van der Waals surface area contributed by atoms with Gasteiger partial charge in [-0.25, -0.2) is 0 Å². The molecule has 1 amide bonds. The first-order valence-corrected chi connectivity index (χ1v) is 7.65. The topological polar surface area (TPSA) is 72.2 Å². The van der Waals surface area contributed by atoms with Crippen LogP contribution in [0.2, 0.25) is 5.02 Å². The number of halogens is 2. The zero-order valence-corrected chi connectivity index (χ0v) is 12.9. The molecule has 1 aliphatic carbocycles. The summed E-state index contributed by atoms with van der Waals surface area (Å²) >= 11 is 11.8. The van der Waals surface area contributed by atoms with E-state index >= 15 is 0 Å². The Morgan fingerprint density at radius 2 is 2.00 bits per heavy atom. The highest BCUT2D eigenvalue weighted by Gasteiger charge is 2.23. The molecule has 0 unspecified atom stereocenters. The first kappa shape index (κ1) is 16.0. The molecule has 1 N–H and O–H groups in total. The van der Waals surface area contributed by atoms with Crippen molar-refractivity contribution in [1.29, 1.82) is 0 Å². The van der Waals surface area contributed by atoms with Gasteiger partial charge in [-0.05, 0) is 43.7 Å². The van der Waals surface area contributed by atoms with Gasteiger partial charge in [0.25, 0.3) is 11.6 Å². The van der Waals surface area contributed by atoms with E-state index in [-0.39, 0.29) is 16.6 Å². The Bertz CT molecular complexity index is 543. The molecule has 0 spiro atoms. The third-order valence-electron chi connectivity index (χ3n) is 3.73. The van der Waals surface area contributed by atoms with E-state index in [2.05, 4.69) is 5.32 Å². The van der Waals surface area contributed by atoms with Gasteiger partial charge in [0.1, 0.15) is 5.56 Å². The van der Waals surface area contributed by atoms with Crippen LogP contribution in [-0.4, -0.2) is 22.8 Å². The van der Waals surface area contributed by atoms with E-state index in [1.165, 1.54) is 18.2 Å². The SMILES string of the molecule is O=C(NCC1CCC(Cl)CC1)c1cc(Cl)ccc1[N+](=O)[O-]. The summed E-state index contributed by atoms with van der Waals surface area (Å²) in [6.45, 7) is 0.506. The summed E-state index contributed by atoms with van der Waals surface area (Å²) in [4.78, 5) is 22.5. The molecule has 0 bridgehead atoms. The minimum absolute atomic E-state index is 0.00136. The van der Waals surface area contributed by atoms with Gasteiger partial charge in [-0.15, -0.1) is 11.6 Å². The number of carbonyl (C=O) groups excluding carboxylic acids is 1. The van der Waals surface area contributed by atoms with Crippen molar-refractivity contribution in [2.75, 3.05) is 6.54 Å². The van der Waals surface area contributed by atoms with Crippen LogP contribution in [0, 0.1) is 16.0 Å². The molecule has 0 saturated heterocycles. The number of nitro benzene ring substituents is 1. The van der Waals surface area contributed by atoms with Gasteiger partial charge >= 0.3 is 0 Å². The fourth-order valence-electron chi connectivity index (χ4n) is 2.51. The molecule has 7 heteroatoms. The molecule has 1 fully saturated rings. The van der Waals surface area contributed by atoms with Gasteiger partial charge in [0, 0.05) is 23.0 Å². The van der Waals surface area contributed by atoms with Crippen LogP contribution in [0.3, 0.4) is 0 Å². The van der Waals surface area contributed by atoms with Crippen molar-refractivity contribution in [2.45, 2.75) is 31.1 Å². The van der Waals surface area contributed by atoms with Crippen LogP contribution < -0.4 is 5.32 Å². The zero-order valence-electron chi connectivity index (χ0n) is 11.4. The van der Waals surface area contributed by atoms with Crippen molar-refractivity contribution in [3.63, 3.8) is 0 Å². The number of hydrogen-bond acceptors (Lipinski definition) is 3. The molecule has 1 aromatic carbocycles. The first-order valence-electron chi connectivity index (χ1n) is 6.83. The maximum absolute atomic E-state index is 12.1. The number of benzene rings is 1. The summed E-state index contributed by atoms with van der Waals surface area (Å²) < 4.78 is 0. The lowest BCUT2D eigenvalue weighted by Gasteiger charge is -2.25. The molecule has 0 atom stereocenters. The summed E-state index contributed by atoms with van der Waals surface area (Å²) in [5.74, 6) is -0.0839. The quantitative estimate of drug-likeness (QED) is 0.518. The van der Waals surface area contributed by atoms with Crippen LogP contribution in [0.1, 0.15) is 36.0 Å². The smallest absolute Gasteiger partial charge is 0.282 e. The fraction of sp³-hybridized carbons (Fsp3) is 0.500. The van der Waals surface area contributed by atoms with Crippen LogP contribution in [0.15, 0.2) is 18.2 Å². The van der Waals surface area contributed by atoms with E-state index in [1.807, 2.05) is 0 Å². The summed E-state index contributed by atoms with van der Waals surface area (Å²) in [7, 11) is 0. The van der Waals surface area contributed by atoms with Gasteiger partial charge in [-0.3, -0.25) is 14.9 Å². The molecular formula is C14H16Cl2N2O3. The monoisotopic (exact) mass is 330 g/mol. The van der Waals surface area contributed by atoms with Gasteiger partial charge < -0.3 is 5.32 Å². The maximum Gasteiger partial charge on any atom is 0.282 e. The summed E-state index contributed by atoms with van der Waals surface area (Å²) in [6.07, 6.45) is 3.82. The summed E-state index contributed by atoms with van der Waals surface area (Å²) in [6, 6.07) is 3.97. The second-order valence-electron chi connectivity index (χ2n) is 5.25. The highest BCUT2D eigenvalue weighted by molar-refractivity contribution is 6.31. The largest absolute Gasteiger partial charge is 0.352 e. The lowest BCUT2D eigenvalue weighted by Crippen LogP contribution is -2.31. The molecule has 0 radical (unpaired) electrons. The first-order chi connectivity index (χ1) is 9.97. The minimum Gasteiger partial charge on any atom is -0.352 e. The van der Waals surface area contributed by atoms with Crippen molar-refractivity contribution in [1.82, 2.24) is 5.32 Å². The molecule has 1 aromatic rings. The highest BCUT2D eigenvalue weighted by Crippen LogP contribution is 2.27. The molecule has 21 heavy (non-hydrogen) atoms. The third kappa shape index (κ3) is 4.32. The Morgan fingerprint density at radius 1 is 1.33 bits per heavy atom. The van der Waals surface area contributed by atoms with Gasteiger partial charge in [-0.2, -0.15) is 0 Å². The Balaban J connectivity index is 2.00. The summed E-state index contributed by atoms with van der Waals surface area (Å²) in [5, 5.41) is 14.2. The Labute approximate surface area is 132 Å². The number of amides is 1. The molecule has 1 saturated carbocycles. The normalized spacial score (nSPS) is 21.8. The maximum atomic E-state index is 12.1. The van der Waals surface area contributed by atoms with E-state index in [0.29, 0.717) is 17.5 Å². The fourth-order valence-corrected chi connectivity index (χ4v) is 2.93. The molecule has 0 aliphatic heterocycles. The predicted octanol–water partition coefficient (Wildman–Crippen LogP) is 3.78. The van der Waals surface area contributed by atoms with E-state index in [4.69, 9.17) is 23.2 Å². The molecule has 0 heterocycles. The van der Waals surface area contributed by atoms with Gasteiger partial charge in [0.15, 0.2) is 0 Å². The van der Waals surface area contributed by atoms with E-state index < -0.39 is 10.8 Å². The Morgan fingerprint density at radius 3 is 2.62 bits per heavy atom. The van der Waals surface area contributed by atoms with E-state index in [0.717, 1.165) is 25.7 Å². The zero-order chi connectivity index (χ0) is 15.4. The number of carbonyl (C=O) groups is 1. The second kappa shape index (κ2) is 7.09. The molecular weight excluding hydrogens is 315 g/mol. The van der Waals surface area contributed by atoms with Crippen LogP contribution in [-0.2, 0) is 0 Å². The minimum atomic E-state index is -0.579. The average Bonchev–Trinajstić information content (AvgIpc) is 2.46. The number of nitro groups is 1. The van der Waals surface area contributed by atoms with Gasteiger partial charge in [-0.1, -0.05) is 11.6 Å². The number of hydrogen-bond donors (Lipinski definition) is 1. The number of alkyl halides is 1. The molecule has 0 aromatic heterocycles. The van der Waals surface area contributed by atoms with Crippen LogP contribution in [0.5, 0.6) is 0 Å². The van der Waals surface area contributed by atoms with E-state index in [9.17, 15) is 14.9 Å². The molecule has 1 aliphatic rings. The number of rotatable bonds is 4. The van der Waals surface area contributed by atoms with Crippen molar-refractivity contribution in [3.8, 4) is 0 Å². The van der Waals surface area contributed by atoms with E-state index in [1.54, 1.807) is 0 Å². The standard InChI is InChI=1S/C14H16Cl2N2O3/c15-10-3-1-9(2-4-10)8-17-14(19)12-7-11(16)5-6-13(12)18(20)21/h5-7,9-10H,1-4,8H2,(H,17,19). The lowest BCUT2D eigenvalue weighted by atomic mass is 9.89. The second-order valence-corrected chi connectivity index (χ2v) is 6.30. The Hall–Kier alpha value is -1.33. The molecule has 114 valence electrons. The number of nitrogens with one attached hydrogen (secondary N) is 1. The highest BCUT2D eigenvalue weighted by atomic mass is 35.5. The average molecular weight is 331 g/mol. The number of nitrogens with zero attached hydrogens (tertiary/aromatic N) is 1. The predicted molar refractivity (Wildman–Crippen MR) is 82.0 cm³/mol.